The predicted molar refractivity (Wildman–Crippen MR) is 86.9 cm³/mol. The second kappa shape index (κ2) is 6.56. The molecular formula is C19H17F4NO3. The number of rotatable bonds is 3. The molecule has 0 bridgehead atoms. The Labute approximate surface area is 152 Å². The highest BCUT2D eigenvalue weighted by atomic mass is 19.4. The molecule has 0 aliphatic carbocycles. The number of alkyl halides is 3. The van der Waals surface area contributed by atoms with Crippen molar-refractivity contribution in [1.29, 1.82) is 0 Å². The average Bonchev–Trinajstić information content (AvgIpc) is 3.20. The van der Waals surface area contributed by atoms with Gasteiger partial charge in [-0.05, 0) is 35.4 Å². The lowest BCUT2D eigenvalue weighted by atomic mass is 10.0. The number of aliphatic hydroxyl groups excluding tert-OH is 1. The van der Waals surface area contributed by atoms with Crippen molar-refractivity contribution in [3.05, 3.63) is 71.0 Å². The van der Waals surface area contributed by atoms with E-state index in [1.54, 1.807) is 12.1 Å². The third-order valence-corrected chi connectivity index (χ3v) is 5.05. The summed E-state index contributed by atoms with van der Waals surface area (Å²) >= 11 is 0. The Balaban J connectivity index is 1.68. The Morgan fingerprint density at radius 1 is 0.926 bits per heavy atom. The van der Waals surface area contributed by atoms with Gasteiger partial charge in [0.1, 0.15) is 18.3 Å². The van der Waals surface area contributed by atoms with Gasteiger partial charge in [-0.2, -0.15) is 13.2 Å². The van der Waals surface area contributed by atoms with Crippen molar-refractivity contribution in [2.24, 2.45) is 0 Å². The summed E-state index contributed by atoms with van der Waals surface area (Å²) < 4.78 is 63.4. The lowest BCUT2D eigenvalue weighted by Gasteiger charge is -2.33. The molecule has 2 fully saturated rings. The molecule has 0 saturated carbocycles. The van der Waals surface area contributed by atoms with E-state index in [2.05, 4.69) is 0 Å². The fraction of sp³-hybridized carbons (Fsp3) is 0.368. The number of benzene rings is 2. The van der Waals surface area contributed by atoms with Crippen LogP contribution < -0.4 is 0 Å². The Bertz CT molecular complexity index is 809. The van der Waals surface area contributed by atoms with Crippen molar-refractivity contribution in [2.45, 2.75) is 24.2 Å². The molecule has 2 saturated heterocycles. The lowest BCUT2D eigenvalue weighted by Crippen LogP contribution is -2.47. The summed E-state index contributed by atoms with van der Waals surface area (Å²) in [4.78, 5) is 1.81. The van der Waals surface area contributed by atoms with Crippen molar-refractivity contribution < 1.29 is 32.1 Å². The van der Waals surface area contributed by atoms with E-state index in [1.807, 2.05) is 4.90 Å². The van der Waals surface area contributed by atoms with Gasteiger partial charge in [-0.25, -0.2) is 9.29 Å². The summed E-state index contributed by atoms with van der Waals surface area (Å²) in [5.74, 6) is -0.387. The number of nitrogens with zero attached hydrogens (tertiary/aromatic N) is 1. The van der Waals surface area contributed by atoms with Crippen LogP contribution in [-0.2, 0) is 15.7 Å². The van der Waals surface area contributed by atoms with E-state index in [0.29, 0.717) is 11.1 Å². The molecule has 0 unspecified atom stereocenters. The molecule has 8 heteroatoms. The van der Waals surface area contributed by atoms with Crippen LogP contribution in [0.3, 0.4) is 0 Å². The molecule has 2 aliphatic heterocycles. The van der Waals surface area contributed by atoms with Crippen molar-refractivity contribution in [1.82, 2.24) is 4.90 Å². The highest BCUT2D eigenvalue weighted by Crippen LogP contribution is 2.49. The molecule has 0 spiro atoms. The molecule has 2 aliphatic rings. The first-order valence-electron chi connectivity index (χ1n) is 8.39. The third kappa shape index (κ3) is 3.12. The van der Waals surface area contributed by atoms with Gasteiger partial charge in [-0.15, -0.1) is 0 Å². The molecule has 4 nitrogen and oxygen atoms in total. The van der Waals surface area contributed by atoms with Gasteiger partial charge in [0.15, 0.2) is 0 Å². The van der Waals surface area contributed by atoms with E-state index in [1.165, 1.54) is 24.3 Å². The minimum Gasteiger partial charge on any atom is -0.394 e. The predicted octanol–water partition coefficient (Wildman–Crippen LogP) is 3.64. The van der Waals surface area contributed by atoms with E-state index in [9.17, 15) is 22.7 Å². The molecule has 1 N–H and O–H groups in total. The van der Waals surface area contributed by atoms with Gasteiger partial charge in [-0.1, -0.05) is 24.3 Å². The molecule has 3 atom stereocenters. The summed E-state index contributed by atoms with van der Waals surface area (Å²) in [6, 6.07) is 10.5. The number of halogens is 4. The van der Waals surface area contributed by atoms with Crippen LogP contribution >= 0.6 is 0 Å². The Hall–Kier alpha value is -2.00. The molecule has 0 aromatic heterocycles. The maximum absolute atomic E-state index is 13.2. The minimum atomic E-state index is -4.42. The van der Waals surface area contributed by atoms with E-state index in [4.69, 9.17) is 9.47 Å². The highest BCUT2D eigenvalue weighted by Gasteiger charge is 2.56. The van der Waals surface area contributed by atoms with Crippen LogP contribution in [-0.4, -0.2) is 35.4 Å². The zero-order valence-electron chi connectivity index (χ0n) is 14.1. The highest BCUT2D eigenvalue weighted by molar-refractivity contribution is 5.29. The molecular weight excluding hydrogens is 366 g/mol. The second-order valence-corrected chi connectivity index (χ2v) is 6.79. The van der Waals surface area contributed by atoms with Crippen LogP contribution in [0.25, 0.3) is 0 Å². The molecule has 2 heterocycles. The second-order valence-electron chi connectivity index (χ2n) is 6.79. The molecule has 0 radical (unpaired) electrons. The summed E-state index contributed by atoms with van der Waals surface area (Å²) in [6.45, 7) is 0.136. The smallest absolute Gasteiger partial charge is 0.394 e. The minimum absolute atomic E-state index is 0.173. The third-order valence-electron chi connectivity index (χ3n) is 5.05. The molecule has 4 rings (SSSR count). The number of hydrogen-bond donors (Lipinski definition) is 1. The molecule has 2 aromatic rings. The largest absolute Gasteiger partial charge is 0.416 e. The van der Waals surface area contributed by atoms with Crippen molar-refractivity contribution >= 4 is 0 Å². The average molecular weight is 383 g/mol. The molecule has 2 aromatic carbocycles. The zero-order chi connectivity index (χ0) is 19.2. The lowest BCUT2D eigenvalue weighted by molar-refractivity contribution is -0.137. The first-order chi connectivity index (χ1) is 12.8. The standard InChI is InChI=1S/C19H17F4NO3/c20-15-7-3-13(4-8-15)17-24-16(26-10-18(24,9-25)11-27-17)12-1-5-14(6-2-12)19(21,22)23/h1-8,16-17,25H,9-11H2/t16-,17-,18-/m1/s1. The van der Waals surface area contributed by atoms with Gasteiger partial charge in [0.25, 0.3) is 0 Å². The number of aliphatic hydroxyl groups is 1. The first kappa shape index (κ1) is 18.4. The van der Waals surface area contributed by atoms with E-state index >= 15 is 0 Å². The summed E-state index contributed by atoms with van der Waals surface area (Å²) in [5, 5.41) is 9.94. The topological polar surface area (TPSA) is 41.9 Å². The summed E-state index contributed by atoms with van der Waals surface area (Å²) in [7, 11) is 0. The maximum Gasteiger partial charge on any atom is 0.416 e. The van der Waals surface area contributed by atoms with Crippen molar-refractivity contribution in [3.63, 3.8) is 0 Å². The SMILES string of the molecule is OC[C@@]12CO[C@H](c3ccc(F)cc3)N1[C@@H](c1ccc(C(F)(F)F)cc1)OC2. The van der Waals surface area contributed by atoms with Gasteiger partial charge in [0, 0.05) is 0 Å². The summed E-state index contributed by atoms with van der Waals surface area (Å²) in [5.41, 5.74) is -0.345. The van der Waals surface area contributed by atoms with Gasteiger partial charge < -0.3 is 14.6 Å². The van der Waals surface area contributed by atoms with Crippen LogP contribution in [0, 0.1) is 5.82 Å². The molecule has 0 amide bonds. The zero-order valence-corrected chi connectivity index (χ0v) is 14.1. The maximum atomic E-state index is 13.2. The molecule has 144 valence electrons. The molecule has 27 heavy (non-hydrogen) atoms. The quantitative estimate of drug-likeness (QED) is 0.822. The van der Waals surface area contributed by atoms with E-state index in [-0.39, 0.29) is 25.6 Å². The van der Waals surface area contributed by atoms with E-state index < -0.39 is 29.7 Å². The Morgan fingerprint density at radius 3 is 1.85 bits per heavy atom. The number of fused-ring (bicyclic) bond motifs is 1. The van der Waals surface area contributed by atoms with Crippen LogP contribution in [0.15, 0.2) is 48.5 Å². The Kier molecular flexibility index (Phi) is 4.46. The fourth-order valence-corrected chi connectivity index (χ4v) is 3.59. The fourth-order valence-electron chi connectivity index (χ4n) is 3.59. The van der Waals surface area contributed by atoms with Crippen molar-refractivity contribution in [2.75, 3.05) is 19.8 Å². The number of ether oxygens (including phenoxy) is 2. The van der Waals surface area contributed by atoms with E-state index in [0.717, 1.165) is 12.1 Å². The van der Waals surface area contributed by atoms with Crippen LogP contribution in [0.5, 0.6) is 0 Å². The number of hydrogen-bond acceptors (Lipinski definition) is 4. The van der Waals surface area contributed by atoms with Gasteiger partial charge >= 0.3 is 6.18 Å². The Morgan fingerprint density at radius 2 is 1.41 bits per heavy atom. The monoisotopic (exact) mass is 383 g/mol. The van der Waals surface area contributed by atoms with Crippen LogP contribution in [0.4, 0.5) is 17.6 Å². The van der Waals surface area contributed by atoms with Crippen LogP contribution in [0.1, 0.15) is 29.1 Å². The van der Waals surface area contributed by atoms with Crippen LogP contribution in [0.2, 0.25) is 0 Å². The van der Waals surface area contributed by atoms with Gasteiger partial charge in [0.2, 0.25) is 0 Å². The summed E-state index contributed by atoms with van der Waals surface area (Å²) in [6.07, 6.45) is -5.71. The van der Waals surface area contributed by atoms with Gasteiger partial charge in [-0.3, -0.25) is 0 Å². The van der Waals surface area contributed by atoms with Crippen molar-refractivity contribution in [3.8, 4) is 0 Å². The normalized spacial score (nSPS) is 28.5. The van der Waals surface area contributed by atoms with Gasteiger partial charge in [0.05, 0.1) is 30.9 Å². The first-order valence-corrected chi connectivity index (χ1v) is 8.39.